The van der Waals surface area contributed by atoms with Crippen LogP contribution >= 0.6 is 0 Å². The summed E-state index contributed by atoms with van der Waals surface area (Å²) in [5, 5.41) is 18.9. The molecule has 2 rings (SSSR count). The summed E-state index contributed by atoms with van der Waals surface area (Å²) in [5.41, 5.74) is 11.5. The molecule has 0 bridgehead atoms. The Balaban J connectivity index is 2.93. The second kappa shape index (κ2) is 3.92. The molecule has 6 nitrogen and oxygen atoms in total. The van der Waals surface area contributed by atoms with Gasteiger partial charge in [0.1, 0.15) is 0 Å². The Bertz CT molecular complexity index is 621. The van der Waals surface area contributed by atoms with E-state index < -0.39 is 11.9 Å². The quantitative estimate of drug-likeness (QED) is 0.593. The van der Waals surface area contributed by atoms with Gasteiger partial charge in [0.2, 0.25) is 0 Å². The average molecular weight is 246 g/mol. The lowest BCUT2D eigenvalue weighted by Crippen LogP contribution is -2.08. The Hall–Kier alpha value is -2.76. The van der Waals surface area contributed by atoms with Crippen LogP contribution in [-0.4, -0.2) is 22.2 Å². The second-order valence-corrected chi connectivity index (χ2v) is 3.80. The van der Waals surface area contributed by atoms with Crippen molar-refractivity contribution in [3.63, 3.8) is 0 Å². The van der Waals surface area contributed by atoms with Crippen molar-refractivity contribution in [2.24, 2.45) is 0 Å². The van der Waals surface area contributed by atoms with Crippen molar-refractivity contribution < 1.29 is 19.8 Å². The molecule has 6 heteroatoms. The van der Waals surface area contributed by atoms with E-state index in [-0.39, 0.29) is 11.1 Å². The highest BCUT2D eigenvalue weighted by Gasteiger charge is 2.18. The molecule has 0 atom stereocenters. The molecule has 0 unspecified atom stereocenters. The molecule has 0 amide bonds. The first kappa shape index (κ1) is 11.7. The summed E-state index contributed by atoms with van der Waals surface area (Å²) in [6, 6.07) is 5.55. The minimum absolute atomic E-state index is 0.313. The molecule has 0 heterocycles. The van der Waals surface area contributed by atoms with Gasteiger partial charge >= 0.3 is 11.9 Å². The van der Waals surface area contributed by atoms with E-state index >= 15 is 0 Å². The summed E-state index contributed by atoms with van der Waals surface area (Å²) in [6.45, 7) is 0. The number of anilines is 2. The predicted molar refractivity (Wildman–Crippen MR) is 66.7 cm³/mol. The van der Waals surface area contributed by atoms with E-state index in [1.165, 1.54) is 12.1 Å². The summed E-state index contributed by atoms with van der Waals surface area (Å²) >= 11 is 0. The number of carbonyl (C=O) groups is 2. The van der Waals surface area contributed by atoms with Gasteiger partial charge in [-0.2, -0.15) is 0 Å². The number of aromatic carboxylic acids is 2. The van der Waals surface area contributed by atoms with E-state index in [0.717, 1.165) is 0 Å². The Labute approximate surface area is 101 Å². The molecule has 0 saturated carbocycles. The maximum Gasteiger partial charge on any atom is 0.336 e. The van der Waals surface area contributed by atoms with Crippen LogP contribution < -0.4 is 11.5 Å². The van der Waals surface area contributed by atoms with E-state index in [4.69, 9.17) is 21.7 Å². The van der Waals surface area contributed by atoms with Crippen molar-refractivity contribution in [1.29, 1.82) is 0 Å². The van der Waals surface area contributed by atoms with Crippen LogP contribution in [0, 0.1) is 0 Å². The van der Waals surface area contributed by atoms with Crippen molar-refractivity contribution in [3.05, 3.63) is 35.4 Å². The lowest BCUT2D eigenvalue weighted by Gasteiger charge is -2.09. The first-order chi connectivity index (χ1) is 8.41. The topological polar surface area (TPSA) is 127 Å². The summed E-state index contributed by atoms with van der Waals surface area (Å²) in [5.74, 6) is -2.65. The van der Waals surface area contributed by atoms with E-state index in [9.17, 15) is 9.59 Å². The summed E-state index contributed by atoms with van der Waals surface area (Å²) in [6.07, 6.45) is 0. The van der Waals surface area contributed by atoms with Gasteiger partial charge in [-0.25, -0.2) is 9.59 Å². The Morgan fingerprint density at radius 2 is 1.17 bits per heavy atom. The third-order valence-electron chi connectivity index (χ3n) is 2.68. The highest BCUT2D eigenvalue weighted by atomic mass is 16.4. The van der Waals surface area contributed by atoms with E-state index in [1.54, 1.807) is 12.1 Å². The van der Waals surface area contributed by atoms with Gasteiger partial charge in [0.05, 0.1) is 11.1 Å². The minimum atomic E-state index is -1.32. The summed E-state index contributed by atoms with van der Waals surface area (Å²) in [7, 11) is 0. The first-order valence-electron chi connectivity index (χ1n) is 5.00. The number of carboxylic acids is 2. The fourth-order valence-corrected chi connectivity index (χ4v) is 1.79. The second-order valence-electron chi connectivity index (χ2n) is 3.80. The third kappa shape index (κ3) is 1.69. The van der Waals surface area contributed by atoms with Gasteiger partial charge in [0, 0.05) is 22.1 Å². The predicted octanol–water partition coefficient (Wildman–Crippen LogP) is 1.40. The molecular weight excluding hydrogens is 236 g/mol. The molecule has 0 fully saturated rings. The van der Waals surface area contributed by atoms with Crippen molar-refractivity contribution in [3.8, 4) is 0 Å². The van der Waals surface area contributed by atoms with Crippen LogP contribution in [0.2, 0.25) is 0 Å². The van der Waals surface area contributed by atoms with Crippen LogP contribution in [0.1, 0.15) is 20.7 Å². The normalized spacial score (nSPS) is 10.4. The highest BCUT2D eigenvalue weighted by Crippen LogP contribution is 2.29. The lowest BCUT2D eigenvalue weighted by atomic mass is 9.99. The molecule has 0 aliphatic carbocycles. The molecule has 2 aromatic carbocycles. The maximum absolute atomic E-state index is 11.0. The Kier molecular flexibility index (Phi) is 2.55. The lowest BCUT2D eigenvalue weighted by molar-refractivity contribution is 0.0652. The average Bonchev–Trinajstić information content (AvgIpc) is 2.32. The van der Waals surface area contributed by atoms with Crippen LogP contribution in [0.25, 0.3) is 10.8 Å². The van der Waals surface area contributed by atoms with Crippen molar-refractivity contribution in [2.75, 3.05) is 11.5 Å². The van der Waals surface area contributed by atoms with E-state index in [2.05, 4.69) is 0 Å². The van der Waals surface area contributed by atoms with Gasteiger partial charge in [-0.3, -0.25) is 0 Å². The van der Waals surface area contributed by atoms with Crippen LogP contribution in [0.4, 0.5) is 11.4 Å². The van der Waals surface area contributed by atoms with E-state index in [1.807, 2.05) is 0 Å². The molecule has 0 spiro atoms. The van der Waals surface area contributed by atoms with Crippen LogP contribution in [-0.2, 0) is 0 Å². The standard InChI is InChI=1S/C12H10N2O4/c13-9-1-2-10(14)6-4-8(12(17)18)7(11(15)16)3-5(6)9/h1-4H,13-14H2,(H,15,16)(H,17,18). The largest absolute Gasteiger partial charge is 0.478 e. The van der Waals surface area contributed by atoms with Gasteiger partial charge in [-0.05, 0) is 24.3 Å². The van der Waals surface area contributed by atoms with Crippen LogP contribution in [0.5, 0.6) is 0 Å². The number of rotatable bonds is 2. The number of carboxylic acid groups (broad SMARTS) is 2. The molecule has 0 saturated heterocycles. The number of benzene rings is 2. The maximum atomic E-state index is 11.0. The molecule has 18 heavy (non-hydrogen) atoms. The molecule has 2 aromatic rings. The molecule has 0 aliphatic heterocycles. The third-order valence-corrected chi connectivity index (χ3v) is 2.68. The van der Waals surface area contributed by atoms with Crippen molar-refractivity contribution in [2.45, 2.75) is 0 Å². The van der Waals surface area contributed by atoms with Gasteiger partial charge < -0.3 is 21.7 Å². The molecule has 0 aromatic heterocycles. The van der Waals surface area contributed by atoms with Crippen molar-refractivity contribution >= 4 is 34.1 Å². The monoisotopic (exact) mass is 246 g/mol. The summed E-state index contributed by atoms with van der Waals surface area (Å²) in [4.78, 5) is 22.1. The fraction of sp³-hybridized carbons (Fsp3) is 0. The number of hydrogen-bond donors (Lipinski definition) is 4. The summed E-state index contributed by atoms with van der Waals surface area (Å²) < 4.78 is 0. The molecule has 92 valence electrons. The van der Waals surface area contributed by atoms with Crippen LogP contribution in [0.3, 0.4) is 0 Å². The number of nitrogen functional groups attached to an aromatic ring is 2. The molecular formula is C12H10N2O4. The zero-order valence-corrected chi connectivity index (χ0v) is 9.18. The van der Waals surface area contributed by atoms with Gasteiger partial charge in [-0.15, -0.1) is 0 Å². The number of nitrogens with two attached hydrogens (primary N) is 2. The van der Waals surface area contributed by atoms with Crippen molar-refractivity contribution in [1.82, 2.24) is 0 Å². The van der Waals surface area contributed by atoms with Gasteiger partial charge in [-0.1, -0.05) is 0 Å². The minimum Gasteiger partial charge on any atom is -0.478 e. The molecule has 0 radical (unpaired) electrons. The fourth-order valence-electron chi connectivity index (χ4n) is 1.79. The number of fused-ring (bicyclic) bond motifs is 1. The Morgan fingerprint density at radius 3 is 1.44 bits per heavy atom. The Morgan fingerprint density at radius 1 is 0.833 bits per heavy atom. The smallest absolute Gasteiger partial charge is 0.336 e. The highest BCUT2D eigenvalue weighted by molar-refractivity contribution is 6.10. The zero-order valence-electron chi connectivity index (χ0n) is 9.18. The van der Waals surface area contributed by atoms with Crippen LogP contribution in [0.15, 0.2) is 24.3 Å². The SMILES string of the molecule is Nc1ccc(N)c2cc(C(=O)O)c(C(=O)O)cc12. The number of hydrogen-bond acceptors (Lipinski definition) is 4. The van der Waals surface area contributed by atoms with E-state index in [0.29, 0.717) is 22.1 Å². The van der Waals surface area contributed by atoms with Gasteiger partial charge in [0.25, 0.3) is 0 Å². The first-order valence-corrected chi connectivity index (χ1v) is 5.00. The zero-order chi connectivity index (χ0) is 13.4. The molecule has 6 N–H and O–H groups in total. The van der Waals surface area contributed by atoms with Gasteiger partial charge in [0.15, 0.2) is 0 Å². The molecule has 0 aliphatic rings.